The second-order valence-corrected chi connectivity index (χ2v) is 6.08. The van der Waals surface area contributed by atoms with Gasteiger partial charge in [0.25, 0.3) is 0 Å². The largest absolute Gasteiger partial charge is 0.352 e. The van der Waals surface area contributed by atoms with Gasteiger partial charge < -0.3 is 10.6 Å². The molecule has 19 heavy (non-hydrogen) atoms. The Morgan fingerprint density at radius 3 is 3.21 bits per heavy atom. The fraction of sp³-hybridized carbons (Fsp3) is 0.400. The Balaban J connectivity index is 1.54. The topological polar surface area (TPSA) is 41.1 Å². The molecule has 0 saturated carbocycles. The first-order chi connectivity index (χ1) is 9.31. The molecule has 2 aromatic rings. The second-order valence-electron chi connectivity index (χ2n) is 5.13. The van der Waals surface area contributed by atoms with Gasteiger partial charge in [0.05, 0.1) is 0 Å². The highest BCUT2D eigenvalue weighted by Gasteiger charge is 2.17. The van der Waals surface area contributed by atoms with Gasteiger partial charge in [-0.3, -0.25) is 4.79 Å². The SMILES string of the molecule is O=C(C[C@@H]1CCNC1)NCc1ccc2sccc2c1. The Morgan fingerprint density at radius 2 is 2.37 bits per heavy atom. The van der Waals surface area contributed by atoms with Gasteiger partial charge in [-0.1, -0.05) is 6.07 Å². The number of thiophene rings is 1. The average Bonchev–Trinajstić information content (AvgIpc) is 3.06. The lowest BCUT2D eigenvalue weighted by atomic mass is 10.0. The summed E-state index contributed by atoms with van der Waals surface area (Å²) in [6.45, 7) is 2.66. The predicted octanol–water partition coefficient (Wildman–Crippen LogP) is 2.52. The molecule has 0 aliphatic carbocycles. The highest BCUT2D eigenvalue weighted by molar-refractivity contribution is 7.17. The molecule has 1 atom stereocenters. The fourth-order valence-corrected chi connectivity index (χ4v) is 3.32. The molecular formula is C15H18N2OS. The van der Waals surface area contributed by atoms with E-state index in [2.05, 4.69) is 40.3 Å². The summed E-state index contributed by atoms with van der Waals surface area (Å²) in [5.41, 5.74) is 1.17. The molecule has 1 aromatic carbocycles. The maximum atomic E-state index is 11.8. The third-order valence-electron chi connectivity index (χ3n) is 3.64. The zero-order chi connectivity index (χ0) is 13.1. The van der Waals surface area contributed by atoms with Crippen molar-refractivity contribution in [1.82, 2.24) is 10.6 Å². The molecule has 3 rings (SSSR count). The van der Waals surface area contributed by atoms with Gasteiger partial charge in [0.15, 0.2) is 0 Å². The van der Waals surface area contributed by atoms with Crippen LogP contribution in [0.1, 0.15) is 18.4 Å². The van der Waals surface area contributed by atoms with Crippen molar-refractivity contribution < 1.29 is 4.79 Å². The lowest BCUT2D eigenvalue weighted by Gasteiger charge is -2.09. The third-order valence-corrected chi connectivity index (χ3v) is 4.54. The molecule has 1 fully saturated rings. The van der Waals surface area contributed by atoms with Crippen LogP contribution >= 0.6 is 11.3 Å². The van der Waals surface area contributed by atoms with Crippen LogP contribution in [0.5, 0.6) is 0 Å². The molecule has 1 aromatic heterocycles. The van der Waals surface area contributed by atoms with E-state index >= 15 is 0 Å². The Hall–Kier alpha value is -1.39. The van der Waals surface area contributed by atoms with Crippen LogP contribution in [0.15, 0.2) is 29.6 Å². The van der Waals surface area contributed by atoms with Crippen molar-refractivity contribution in [2.24, 2.45) is 5.92 Å². The number of nitrogens with one attached hydrogen (secondary N) is 2. The van der Waals surface area contributed by atoms with Gasteiger partial charge in [-0.25, -0.2) is 0 Å². The zero-order valence-electron chi connectivity index (χ0n) is 10.8. The van der Waals surface area contributed by atoms with Crippen molar-refractivity contribution in [1.29, 1.82) is 0 Å². The molecule has 1 saturated heterocycles. The van der Waals surface area contributed by atoms with Crippen LogP contribution in [-0.4, -0.2) is 19.0 Å². The zero-order valence-corrected chi connectivity index (χ0v) is 11.6. The van der Waals surface area contributed by atoms with E-state index in [-0.39, 0.29) is 5.91 Å². The maximum absolute atomic E-state index is 11.8. The van der Waals surface area contributed by atoms with E-state index in [0.29, 0.717) is 18.9 Å². The number of carbonyl (C=O) groups is 1. The van der Waals surface area contributed by atoms with Crippen LogP contribution in [0.2, 0.25) is 0 Å². The van der Waals surface area contributed by atoms with Crippen LogP contribution in [-0.2, 0) is 11.3 Å². The summed E-state index contributed by atoms with van der Waals surface area (Å²) < 4.78 is 1.30. The molecule has 0 bridgehead atoms. The van der Waals surface area contributed by atoms with E-state index in [1.165, 1.54) is 15.6 Å². The Labute approximate surface area is 117 Å². The molecule has 0 radical (unpaired) electrons. The lowest BCUT2D eigenvalue weighted by molar-refractivity contribution is -0.122. The minimum absolute atomic E-state index is 0.166. The van der Waals surface area contributed by atoms with Crippen molar-refractivity contribution >= 4 is 27.3 Å². The van der Waals surface area contributed by atoms with Crippen molar-refractivity contribution in [2.45, 2.75) is 19.4 Å². The summed E-state index contributed by atoms with van der Waals surface area (Å²) in [6.07, 6.45) is 1.77. The second kappa shape index (κ2) is 5.72. The normalized spacial score (nSPS) is 18.8. The van der Waals surface area contributed by atoms with Crippen molar-refractivity contribution in [2.75, 3.05) is 13.1 Å². The number of fused-ring (bicyclic) bond motifs is 1. The summed E-state index contributed by atoms with van der Waals surface area (Å²) >= 11 is 1.75. The van der Waals surface area contributed by atoms with E-state index in [4.69, 9.17) is 0 Å². The van der Waals surface area contributed by atoms with Gasteiger partial charge in [0, 0.05) is 17.7 Å². The van der Waals surface area contributed by atoms with E-state index in [1.54, 1.807) is 11.3 Å². The van der Waals surface area contributed by atoms with E-state index in [0.717, 1.165) is 19.5 Å². The van der Waals surface area contributed by atoms with E-state index in [1.807, 2.05) is 0 Å². The van der Waals surface area contributed by atoms with E-state index < -0.39 is 0 Å². The van der Waals surface area contributed by atoms with Crippen LogP contribution in [0.3, 0.4) is 0 Å². The van der Waals surface area contributed by atoms with Crippen LogP contribution in [0, 0.1) is 5.92 Å². The quantitative estimate of drug-likeness (QED) is 0.899. The summed E-state index contributed by atoms with van der Waals surface area (Å²) in [6, 6.07) is 8.50. The van der Waals surface area contributed by atoms with Crippen LogP contribution in [0.4, 0.5) is 0 Å². The summed E-state index contributed by atoms with van der Waals surface area (Å²) in [7, 11) is 0. The minimum atomic E-state index is 0.166. The van der Waals surface area contributed by atoms with Crippen molar-refractivity contribution in [3.8, 4) is 0 Å². The Morgan fingerprint density at radius 1 is 1.42 bits per heavy atom. The molecule has 1 amide bonds. The minimum Gasteiger partial charge on any atom is -0.352 e. The monoisotopic (exact) mass is 274 g/mol. The number of rotatable bonds is 4. The summed E-state index contributed by atoms with van der Waals surface area (Å²) in [5.74, 6) is 0.679. The van der Waals surface area contributed by atoms with Crippen molar-refractivity contribution in [3.63, 3.8) is 0 Å². The average molecular weight is 274 g/mol. The summed E-state index contributed by atoms with van der Waals surface area (Å²) in [4.78, 5) is 11.8. The number of carbonyl (C=O) groups excluding carboxylic acids is 1. The number of benzene rings is 1. The van der Waals surface area contributed by atoms with Crippen LogP contribution in [0.25, 0.3) is 10.1 Å². The molecule has 1 aliphatic heterocycles. The van der Waals surface area contributed by atoms with Gasteiger partial charge >= 0.3 is 0 Å². The lowest BCUT2D eigenvalue weighted by Crippen LogP contribution is -2.25. The van der Waals surface area contributed by atoms with Gasteiger partial charge in [0.1, 0.15) is 0 Å². The maximum Gasteiger partial charge on any atom is 0.220 e. The number of amides is 1. The first-order valence-electron chi connectivity index (χ1n) is 6.75. The van der Waals surface area contributed by atoms with Gasteiger partial charge in [-0.2, -0.15) is 0 Å². The number of hydrogen-bond donors (Lipinski definition) is 2. The highest BCUT2D eigenvalue weighted by Crippen LogP contribution is 2.21. The molecule has 0 spiro atoms. The molecule has 4 heteroatoms. The predicted molar refractivity (Wildman–Crippen MR) is 79.3 cm³/mol. The van der Waals surface area contributed by atoms with Crippen LogP contribution < -0.4 is 10.6 Å². The number of hydrogen-bond acceptors (Lipinski definition) is 3. The Bertz CT molecular complexity index is 572. The first kappa shape index (κ1) is 12.6. The van der Waals surface area contributed by atoms with Gasteiger partial charge in [0.2, 0.25) is 5.91 Å². The first-order valence-corrected chi connectivity index (χ1v) is 7.63. The molecule has 2 heterocycles. The molecule has 2 N–H and O–H groups in total. The van der Waals surface area contributed by atoms with Crippen molar-refractivity contribution in [3.05, 3.63) is 35.2 Å². The highest BCUT2D eigenvalue weighted by atomic mass is 32.1. The molecular weight excluding hydrogens is 256 g/mol. The Kier molecular flexibility index (Phi) is 3.80. The smallest absolute Gasteiger partial charge is 0.220 e. The molecule has 1 aliphatic rings. The molecule has 0 unspecified atom stereocenters. The molecule has 3 nitrogen and oxygen atoms in total. The van der Waals surface area contributed by atoms with Gasteiger partial charge in [-0.15, -0.1) is 11.3 Å². The molecule has 100 valence electrons. The fourth-order valence-electron chi connectivity index (χ4n) is 2.55. The standard InChI is InChI=1S/C15H18N2OS/c18-15(8-12-3-5-16-9-12)17-10-11-1-2-14-13(7-11)4-6-19-14/h1-2,4,6-7,12,16H,3,5,8-10H2,(H,17,18)/t12-/m0/s1. The summed E-state index contributed by atoms with van der Waals surface area (Å²) in [5, 5.41) is 9.67. The van der Waals surface area contributed by atoms with Gasteiger partial charge in [-0.05, 0) is 60.0 Å². The van der Waals surface area contributed by atoms with E-state index in [9.17, 15) is 4.79 Å². The third kappa shape index (κ3) is 3.14.